The van der Waals surface area contributed by atoms with Crippen molar-refractivity contribution in [2.24, 2.45) is 5.73 Å². The van der Waals surface area contributed by atoms with Crippen molar-refractivity contribution in [3.05, 3.63) is 30.5 Å². The van der Waals surface area contributed by atoms with E-state index in [9.17, 15) is 13.2 Å². The van der Waals surface area contributed by atoms with Gasteiger partial charge in [-0.05, 0) is 24.3 Å². The summed E-state index contributed by atoms with van der Waals surface area (Å²) >= 11 is 0. The number of nitrogens with two attached hydrogens (primary N) is 1. The van der Waals surface area contributed by atoms with Crippen LogP contribution in [0.4, 0.5) is 0 Å². The van der Waals surface area contributed by atoms with Gasteiger partial charge in [0, 0.05) is 22.3 Å². The van der Waals surface area contributed by atoms with E-state index in [1.54, 1.807) is 12.1 Å². The molecule has 0 fully saturated rings. The van der Waals surface area contributed by atoms with E-state index in [0.29, 0.717) is 11.1 Å². The second-order valence-corrected chi connectivity index (χ2v) is 6.50. The number of hydrogen-bond donors (Lipinski definition) is 1. The lowest BCUT2D eigenvalue weighted by atomic mass is 10.2. The fourth-order valence-electron chi connectivity index (χ4n) is 1.70. The van der Waals surface area contributed by atoms with Gasteiger partial charge in [-0.15, -0.1) is 0 Å². The average Bonchev–Trinajstić information content (AvgIpc) is 2.37. The van der Waals surface area contributed by atoms with E-state index in [1.807, 2.05) is 0 Å². The molecule has 0 unspecified atom stereocenters. The van der Waals surface area contributed by atoms with Crippen molar-refractivity contribution >= 4 is 36.5 Å². The molecule has 106 valence electrons. The number of aromatic nitrogens is 1. The van der Waals surface area contributed by atoms with Gasteiger partial charge in [0.1, 0.15) is 10.6 Å². The highest BCUT2D eigenvalue weighted by molar-refractivity contribution is 8.14. The van der Waals surface area contributed by atoms with E-state index >= 15 is 0 Å². The molecule has 0 bridgehead atoms. The van der Waals surface area contributed by atoms with Gasteiger partial charge in [0.15, 0.2) is 0 Å². The molecule has 6 nitrogen and oxygen atoms in total. The number of carbonyl (C=O) groups excluding carboxylic acids is 1. The quantitative estimate of drug-likeness (QED) is 0.841. The molecule has 2 N–H and O–H groups in total. The van der Waals surface area contributed by atoms with E-state index in [-0.39, 0.29) is 23.4 Å². The van der Waals surface area contributed by atoms with E-state index in [1.165, 1.54) is 18.3 Å². The SMILES string of the molecule is NC(=O)CCOc1ccc(S(=O)(=O)Cl)c2ncccc12. The Bertz CT molecular complexity index is 761. The Hall–Kier alpha value is -1.86. The predicted octanol–water partition coefficient (Wildman–Crippen LogP) is 1.42. The number of amides is 1. The van der Waals surface area contributed by atoms with Crippen LogP contribution in [-0.4, -0.2) is 25.9 Å². The van der Waals surface area contributed by atoms with Crippen molar-refractivity contribution < 1.29 is 17.9 Å². The second kappa shape index (κ2) is 5.64. The minimum Gasteiger partial charge on any atom is -0.492 e. The number of fused-ring (bicyclic) bond motifs is 1. The Morgan fingerprint density at radius 2 is 2.10 bits per heavy atom. The fourth-order valence-corrected chi connectivity index (χ4v) is 2.70. The Morgan fingerprint density at radius 1 is 1.35 bits per heavy atom. The molecule has 0 aliphatic heterocycles. The van der Waals surface area contributed by atoms with Crippen LogP contribution in [0, 0.1) is 0 Å². The summed E-state index contributed by atoms with van der Waals surface area (Å²) < 4.78 is 28.4. The van der Waals surface area contributed by atoms with Crippen LogP contribution in [0.25, 0.3) is 10.9 Å². The number of pyridine rings is 1. The molecule has 0 saturated heterocycles. The number of rotatable bonds is 5. The highest BCUT2D eigenvalue weighted by Gasteiger charge is 2.17. The lowest BCUT2D eigenvalue weighted by Gasteiger charge is -2.10. The summed E-state index contributed by atoms with van der Waals surface area (Å²) in [7, 11) is 1.47. The fraction of sp³-hybridized carbons (Fsp3) is 0.167. The van der Waals surface area contributed by atoms with Crippen LogP contribution in [0.1, 0.15) is 6.42 Å². The second-order valence-electron chi connectivity index (χ2n) is 3.96. The van der Waals surface area contributed by atoms with E-state index in [2.05, 4.69) is 4.98 Å². The summed E-state index contributed by atoms with van der Waals surface area (Å²) in [4.78, 5) is 14.6. The lowest BCUT2D eigenvalue weighted by Crippen LogP contribution is -2.14. The van der Waals surface area contributed by atoms with Gasteiger partial charge in [-0.3, -0.25) is 9.78 Å². The third-order valence-corrected chi connectivity index (χ3v) is 3.91. The van der Waals surface area contributed by atoms with Gasteiger partial charge < -0.3 is 10.5 Å². The Balaban J connectivity index is 2.46. The summed E-state index contributed by atoms with van der Waals surface area (Å²) in [5.41, 5.74) is 5.24. The number of carbonyl (C=O) groups is 1. The largest absolute Gasteiger partial charge is 0.492 e. The van der Waals surface area contributed by atoms with Crippen LogP contribution < -0.4 is 10.5 Å². The topological polar surface area (TPSA) is 99.4 Å². The first kappa shape index (κ1) is 14.5. The average molecular weight is 315 g/mol. The molecule has 2 aromatic rings. The van der Waals surface area contributed by atoms with Gasteiger partial charge in [-0.2, -0.15) is 0 Å². The number of halogens is 1. The molecule has 8 heteroatoms. The zero-order valence-corrected chi connectivity index (χ0v) is 11.8. The predicted molar refractivity (Wildman–Crippen MR) is 74.1 cm³/mol. The number of primary amides is 1. The Labute approximate surface area is 119 Å². The first-order valence-corrected chi connectivity index (χ1v) is 7.94. The monoisotopic (exact) mass is 314 g/mol. The molecular formula is C12H11ClN2O4S. The normalized spacial score (nSPS) is 11.4. The van der Waals surface area contributed by atoms with Crippen LogP contribution in [0.3, 0.4) is 0 Å². The van der Waals surface area contributed by atoms with E-state index < -0.39 is 15.0 Å². The van der Waals surface area contributed by atoms with Crippen LogP contribution in [0.5, 0.6) is 5.75 Å². The van der Waals surface area contributed by atoms with Gasteiger partial charge >= 0.3 is 0 Å². The van der Waals surface area contributed by atoms with Crippen molar-refractivity contribution in [3.63, 3.8) is 0 Å². The van der Waals surface area contributed by atoms with Gasteiger partial charge in [0.05, 0.1) is 18.5 Å². The van der Waals surface area contributed by atoms with Crippen LogP contribution in [0.15, 0.2) is 35.4 Å². The van der Waals surface area contributed by atoms with Crippen molar-refractivity contribution in [3.8, 4) is 5.75 Å². The molecular weight excluding hydrogens is 304 g/mol. The third kappa shape index (κ3) is 3.17. The zero-order chi connectivity index (χ0) is 14.8. The first-order valence-electron chi connectivity index (χ1n) is 5.63. The minimum absolute atomic E-state index is 0.0668. The molecule has 0 aliphatic rings. The highest BCUT2D eigenvalue weighted by atomic mass is 35.7. The van der Waals surface area contributed by atoms with E-state index in [0.717, 1.165) is 0 Å². The lowest BCUT2D eigenvalue weighted by molar-refractivity contribution is -0.118. The van der Waals surface area contributed by atoms with Gasteiger partial charge in [-0.1, -0.05) is 0 Å². The molecule has 0 aliphatic carbocycles. The number of nitrogens with zero attached hydrogens (tertiary/aromatic N) is 1. The summed E-state index contributed by atoms with van der Waals surface area (Å²) in [5, 5.41) is 0.499. The molecule has 0 radical (unpaired) electrons. The molecule has 1 amide bonds. The first-order chi connectivity index (χ1) is 9.39. The molecule has 1 aromatic carbocycles. The van der Waals surface area contributed by atoms with E-state index in [4.69, 9.17) is 21.2 Å². The van der Waals surface area contributed by atoms with Crippen molar-refractivity contribution in [1.29, 1.82) is 0 Å². The summed E-state index contributed by atoms with van der Waals surface area (Å²) in [6.07, 6.45) is 1.53. The smallest absolute Gasteiger partial charge is 0.263 e. The Kier molecular flexibility index (Phi) is 4.10. The van der Waals surface area contributed by atoms with Gasteiger partial charge in [-0.25, -0.2) is 8.42 Å². The van der Waals surface area contributed by atoms with Crippen LogP contribution >= 0.6 is 10.7 Å². The molecule has 2 rings (SSSR count). The van der Waals surface area contributed by atoms with Crippen molar-refractivity contribution in [2.45, 2.75) is 11.3 Å². The standard InChI is InChI=1S/C12H11ClN2O4S/c13-20(17,18)10-4-3-9(19-7-5-11(14)16)8-2-1-6-15-12(8)10/h1-4,6H,5,7H2,(H2,14,16). The van der Waals surface area contributed by atoms with Crippen LogP contribution in [-0.2, 0) is 13.8 Å². The maximum Gasteiger partial charge on any atom is 0.263 e. The number of ether oxygens (including phenoxy) is 1. The van der Waals surface area contributed by atoms with Gasteiger partial charge in [0.2, 0.25) is 5.91 Å². The zero-order valence-electron chi connectivity index (χ0n) is 10.2. The minimum atomic E-state index is -3.90. The maximum atomic E-state index is 11.5. The number of hydrogen-bond acceptors (Lipinski definition) is 5. The van der Waals surface area contributed by atoms with Gasteiger partial charge in [0.25, 0.3) is 9.05 Å². The molecule has 20 heavy (non-hydrogen) atoms. The van der Waals surface area contributed by atoms with Crippen molar-refractivity contribution in [1.82, 2.24) is 4.98 Å². The Morgan fingerprint density at radius 3 is 2.75 bits per heavy atom. The number of benzene rings is 1. The highest BCUT2D eigenvalue weighted by Crippen LogP contribution is 2.31. The third-order valence-electron chi connectivity index (χ3n) is 2.56. The molecule has 0 saturated carbocycles. The van der Waals surface area contributed by atoms with Crippen molar-refractivity contribution in [2.75, 3.05) is 6.61 Å². The molecule has 0 spiro atoms. The maximum absolute atomic E-state index is 11.5. The summed E-state index contributed by atoms with van der Waals surface area (Å²) in [6.45, 7) is 0.103. The summed E-state index contributed by atoms with van der Waals surface area (Å²) in [5.74, 6) is -0.0641. The van der Waals surface area contributed by atoms with Crippen LogP contribution in [0.2, 0.25) is 0 Å². The summed E-state index contributed by atoms with van der Waals surface area (Å²) in [6, 6.07) is 6.10. The molecule has 0 atom stereocenters. The molecule has 1 aromatic heterocycles. The molecule has 1 heterocycles.